The van der Waals surface area contributed by atoms with Crippen molar-refractivity contribution in [3.63, 3.8) is 0 Å². The van der Waals surface area contributed by atoms with E-state index in [1.807, 2.05) is 26.0 Å². The second-order valence-electron chi connectivity index (χ2n) is 15.1. The van der Waals surface area contributed by atoms with Gasteiger partial charge < -0.3 is 43.1 Å². The Balaban J connectivity index is 2.14. The lowest BCUT2D eigenvalue weighted by atomic mass is 9.87. The predicted octanol–water partition coefficient (Wildman–Crippen LogP) is 6.91. The van der Waals surface area contributed by atoms with Crippen LogP contribution in [0.3, 0.4) is 0 Å². The number of rotatable bonds is 19. The number of hydrogen-bond donors (Lipinski definition) is 3. The molecule has 0 bridgehead atoms. The van der Waals surface area contributed by atoms with Gasteiger partial charge in [0.25, 0.3) is 0 Å². The molecule has 0 unspecified atom stereocenters. The number of nitrogens with zero attached hydrogens (tertiary/aromatic N) is 1. The van der Waals surface area contributed by atoms with E-state index in [0.29, 0.717) is 43.7 Å². The summed E-state index contributed by atoms with van der Waals surface area (Å²) in [5, 5.41) is 31.0. The summed E-state index contributed by atoms with van der Waals surface area (Å²) in [5.41, 5.74) is 1.29. The minimum Gasteiger partial charge on any atom is -0.481 e. The summed E-state index contributed by atoms with van der Waals surface area (Å²) in [6.07, 6.45) is 6.57. The molecule has 12 heteroatoms. The second kappa shape index (κ2) is 18.4. The number of carbonyl (C=O) groups is 1. The van der Waals surface area contributed by atoms with Gasteiger partial charge in [0.05, 0.1) is 36.4 Å². The summed E-state index contributed by atoms with van der Waals surface area (Å²) in [6.45, 7) is 18.6. The van der Waals surface area contributed by atoms with Gasteiger partial charge in [-0.1, -0.05) is 46.8 Å². The molecule has 0 radical (unpaired) electrons. The molecule has 1 aliphatic rings. The van der Waals surface area contributed by atoms with Crippen molar-refractivity contribution in [1.82, 2.24) is 4.98 Å². The normalized spacial score (nSPS) is 23.1. The van der Waals surface area contributed by atoms with Gasteiger partial charge in [0.1, 0.15) is 18.1 Å². The highest BCUT2D eigenvalue weighted by Gasteiger charge is 2.45. The number of aliphatic carboxylic acids is 1. The van der Waals surface area contributed by atoms with E-state index in [1.54, 1.807) is 34.3 Å². The Labute approximate surface area is 289 Å². The number of hydrogen-bond acceptors (Lipinski definition) is 10. The number of aromatic nitrogens is 1. The van der Waals surface area contributed by atoms with Crippen molar-refractivity contribution in [2.24, 2.45) is 11.8 Å². The molecule has 11 nitrogen and oxygen atoms in total. The molecule has 0 saturated carbocycles. The molecular weight excluding hydrogens is 634 g/mol. The van der Waals surface area contributed by atoms with E-state index in [2.05, 4.69) is 45.8 Å². The van der Waals surface area contributed by atoms with Gasteiger partial charge in [-0.05, 0) is 62.7 Å². The van der Waals surface area contributed by atoms with E-state index >= 15 is 0 Å². The predicted molar refractivity (Wildman–Crippen MR) is 188 cm³/mol. The minimum atomic E-state index is -2.19. The summed E-state index contributed by atoms with van der Waals surface area (Å²) in [4.78, 5) is 16.1. The van der Waals surface area contributed by atoms with Gasteiger partial charge in [-0.25, -0.2) is 4.98 Å². The fraction of sp³-hybridized carbons (Fsp3) is 0.778. The van der Waals surface area contributed by atoms with Crippen LogP contribution in [0.2, 0.25) is 18.1 Å². The summed E-state index contributed by atoms with van der Waals surface area (Å²) in [5.74, 6) is -1.82. The molecule has 1 aromatic heterocycles. The van der Waals surface area contributed by atoms with Gasteiger partial charge in [0, 0.05) is 46.7 Å². The Hall–Kier alpha value is -1.90. The van der Waals surface area contributed by atoms with Crippen molar-refractivity contribution in [2.75, 3.05) is 21.3 Å². The van der Waals surface area contributed by atoms with Crippen LogP contribution < -0.4 is 0 Å². The van der Waals surface area contributed by atoms with Crippen LogP contribution >= 0.6 is 0 Å². The third-order valence-corrected chi connectivity index (χ3v) is 14.7. The highest BCUT2D eigenvalue weighted by Crippen LogP contribution is 2.41. The van der Waals surface area contributed by atoms with Crippen LogP contribution in [0.15, 0.2) is 28.4 Å². The average molecular weight is 698 g/mol. The number of carboxylic acid groups (broad SMARTS) is 1. The molecule has 1 fully saturated rings. The lowest BCUT2D eigenvalue weighted by Crippen LogP contribution is -2.50. The summed E-state index contributed by atoms with van der Waals surface area (Å²) >= 11 is 0. The first-order valence-electron chi connectivity index (χ1n) is 17.1. The Kier molecular flexibility index (Phi) is 16.2. The number of carboxylic acids is 1. The van der Waals surface area contributed by atoms with E-state index in [1.165, 1.54) is 6.26 Å². The first-order chi connectivity index (χ1) is 22.3. The molecular formula is C36H63NO10Si. The molecule has 0 aliphatic carbocycles. The van der Waals surface area contributed by atoms with Crippen LogP contribution in [0.25, 0.3) is 6.08 Å². The number of ether oxygens (including phenoxy) is 4. The van der Waals surface area contributed by atoms with E-state index in [4.69, 9.17) is 27.8 Å². The van der Waals surface area contributed by atoms with Crippen molar-refractivity contribution in [2.45, 2.75) is 148 Å². The van der Waals surface area contributed by atoms with Crippen molar-refractivity contribution in [1.29, 1.82) is 0 Å². The molecule has 48 heavy (non-hydrogen) atoms. The van der Waals surface area contributed by atoms with Crippen molar-refractivity contribution < 1.29 is 47.9 Å². The van der Waals surface area contributed by atoms with Gasteiger partial charge in [0.2, 0.25) is 5.89 Å². The molecule has 3 N–H and O–H groups in total. The third kappa shape index (κ3) is 12.5. The van der Waals surface area contributed by atoms with Gasteiger partial charge in [0.15, 0.2) is 14.1 Å². The van der Waals surface area contributed by atoms with Crippen LogP contribution in [0.5, 0.6) is 0 Å². The van der Waals surface area contributed by atoms with Gasteiger partial charge >= 0.3 is 5.97 Å². The number of oxazole rings is 1. The van der Waals surface area contributed by atoms with Gasteiger partial charge in [-0.15, -0.1) is 0 Å². The highest BCUT2D eigenvalue weighted by atomic mass is 28.4. The molecule has 1 aromatic rings. The maximum absolute atomic E-state index is 11.7. The zero-order valence-corrected chi connectivity index (χ0v) is 32.3. The lowest BCUT2D eigenvalue weighted by molar-refractivity contribution is -0.269. The Morgan fingerprint density at radius 3 is 2.33 bits per heavy atom. The van der Waals surface area contributed by atoms with Gasteiger partial charge in [-0.3, -0.25) is 4.79 Å². The van der Waals surface area contributed by atoms with Crippen LogP contribution in [-0.2, 0) is 28.2 Å². The average Bonchev–Trinajstić information content (AvgIpc) is 3.47. The van der Waals surface area contributed by atoms with E-state index in [0.717, 1.165) is 5.57 Å². The fourth-order valence-corrected chi connectivity index (χ4v) is 7.09. The maximum Gasteiger partial charge on any atom is 0.306 e. The molecule has 8 atom stereocenters. The molecule has 1 aliphatic heterocycles. The van der Waals surface area contributed by atoms with E-state index in [-0.39, 0.29) is 41.8 Å². The van der Waals surface area contributed by atoms with E-state index < -0.39 is 38.2 Å². The smallest absolute Gasteiger partial charge is 0.306 e. The maximum atomic E-state index is 11.7. The minimum absolute atomic E-state index is 0.0134. The van der Waals surface area contributed by atoms with Crippen LogP contribution in [0, 0.1) is 11.8 Å². The zero-order chi connectivity index (χ0) is 36.4. The third-order valence-electron chi connectivity index (χ3n) is 10.2. The van der Waals surface area contributed by atoms with Crippen molar-refractivity contribution in [3.05, 3.63) is 35.6 Å². The first kappa shape index (κ1) is 42.3. The van der Waals surface area contributed by atoms with Crippen LogP contribution in [0.1, 0.15) is 105 Å². The first-order valence-corrected chi connectivity index (χ1v) is 20.0. The monoisotopic (exact) mass is 697 g/mol. The highest BCUT2D eigenvalue weighted by molar-refractivity contribution is 6.74. The Morgan fingerprint density at radius 2 is 1.77 bits per heavy atom. The quantitative estimate of drug-likeness (QED) is 0.0786. The zero-order valence-electron chi connectivity index (χ0n) is 31.3. The molecule has 0 spiro atoms. The molecule has 1 saturated heterocycles. The lowest BCUT2D eigenvalue weighted by Gasteiger charge is -2.45. The summed E-state index contributed by atoms with van der Waals surface area (Å²) in [7, 11) is 2.69. The standard InChI is InChI=1S/C36H63NO10Si/c1-23(26(4)42-8)17-33-37-30(22-45-33)31(39)18-27(38)14-13-15-28-20-36(43-9,44-10)21-29(46-28)19-32(24(2)16-25(3)34(40)41)47-48(11,12)35(5,6)7/h13,15,17,22,24-29,31-32,38-39H,14,16,18-21H2,1-12H3,(H,40,41)/b15-13-,23-17-/t24-,25-,26+,27-,28+,29-,31-,32-/m0/s1. The van der Waals surface area contributed by atoms with Crippen molar-refractivity contribution >= 4 is 20.4 Å². The van der Waals surface area contributed by atoms with Gasteiger partial charge in [-0.2, -0.15) is 0 Å². The van der Waals surface area contributed by atoms with Crippen LogP contribution in [0.4, 0.5) is 0 Å². The second-order valence-corrected chi connectivity index (χ2v) is 19.8. The number of aliphatic hydroxyl groups excluding tert-OH is 2. The Bertz CT molecular complexity index is 1190. The fourth-order valence-electron chi connectivity index (χ4n) is 5.65. The van der Waals surface area contributed by atoms with E-state index in [9.17, 15) is 20.1 Å². The molecule has 276 valence electrons. The van der Waals surface area contributed by atoms with Crippen LogP contribution in [-0.4, -0.2) is 92.2 Å². The number of methoxy groups -OCH3 is 3. The topological polar surface area (TPSA) is 150 Å². The largest absolute Gasteiger partial charge is 0.481 e. The molecule has 0 amide bonds. The van der Waals surface area contributed by atoms with Crippen molar-refractivity contribution in [3.8, 4) is 0 Å². The molecule has 2 heterocycles. The Morgan fingerprint density at radius 1 is 1.12 bits per heavy atom. The molecule has 2 rings (SSSR count). The summed E-state index contributed by atoms with van der Waals surface area (Å²) in [6, 6.07) is 0. The number of aliphatic hydroxyl groups is 2. The molecule has 0 aromatic carbocycles. The SMILES string of the molecule is CO[C@H](C)/C(C)=C\c1nc([C@@H](O)C[C@@H](O)C/C=C\[C@@H]2CC(OC)(OC)C[C@H](C[C@H](O[Si](C)(C)C(C)(C)C)[C@@H](C)C[C@H](C)C(=O)O)O2)co1. The summed E-state index contributed by atoms with van der Waals surface area (Å²) < 4.78 is 36.1.